The van der Waals surface area contributed by atoms with Crippen LogP contribution in [-0.2, 0) is 13.1 Å². The molecule has 0 aliphatic carbocycles. The number of nitrogens with zero attached hydrogens (tertiary/aromatic N) is 3. The lowest BCUT2D eigenvalue weighted by Gasteiger charge is -2.04. The van der Waals surface area contributed by atoms with E-state index in [-0.39, 0.29) is 12.5 Å². The van der Waals surface area contributed by atoms with Crippen molar-refractivity contribution in [3.8, 4) is 0 Å². The number of aromatic nitrogens is 3. The Labute approximate surface area is 163 Å². The maximum absolute atomic E-state index is 12.8. The summed E-state index contributed by atoms with van der Waals surface area (Å²) in [5.41, 5.74) is 0.897. The van der Waals surface area contributed by atoms with E-state index in [9.17, 15) is 14.4 Å². The molecule has 1 N–H and O–H groups in total. The number of amides is 1. The molecule has 0 fully saturated rings. The highest BCUT2D eigenvalue weighted by Gasteiger charge is 2.14. The fourth-order valence-corrected chi connectivity index (χ4v) is 3.75. The molecule has 8 heteroatoms. The second-order valence-electron chi connectivity index (χ2n) is 6.18. The van der Waals surface area contributed by atoms with Crippen LogP contribution in [0.15, 0.2) is 76.7 Å². The molecular weight excluding hydrogens is 376 g/mol. The highest BCUT2D eigenvalue weighted by molar-refractivity contribution is 7.19. The number of carbonyl (C=O) groups excluding carboxylic acids is 1. The molecule has 0 unspecified atom stereocenters. The van der Waals surface area contributed by atoms with Crippen molar-refractivity contribution in [3.63, 3.8) is 0 Å². The maximum atomic E-state index is 12.8. The van der Waals surface area contributed by atoms with E-state index in [1.54, 1.807) is 24.5 Å². The van der Waals surface area contributed by atoms with Gasteiger partial charge < -0.3 is 5.32 Å². The molecule has 7 nitrogen and oxygen atoms in total. The fraction of sp³-hybridized carbons (Fsp3) is 0.100. The van der Waals surface area contributed by atoms with E-state index in [4.69, 9.17) is 0 Å². The molecule has 0 aliphatic rings. The molecule has 3 aromatic heterocycles. The average molecular weight is 392 g/mol. The Morgan fingerprint density at radius 3 is 2.54 bits per heavy atom. The monoisotopic (exact) mass is 392 g/mol. The number of fused-ring (bicyclic) bond motifs is 1. The lowest BCUT2D eigenvalue weighted by atomic mass is 10.2. The van der Waals surface area contributed by atoms with E-state index >= 15 is 0 Å². The van der Waals surface area contributed by atoms with E-state index in [2.05, 4.69) is 10.3 Å². The summed E-state index contributed by atoms with van der Waals surface area (Å²) in [6.07, 6.45) is 4.69. The Hall–Kier alpha value is -3.52. The van der Waals surface area contributed by atoms with Gasteiger partial charge in [-0.3, -0.25) is 23.5 Å². The van der Waals surface area contributed by atoms with Gasteiger partial charge in [-0.05, 0) is 23.3 Å². The van der Waals surface area contributed by atoms with Crippen molar-refractivity contribution in [2.24, 2.45) is 0 Å². The average Bonchev–Trinajstić information content (AvgIpc) is 3.15. The smallest absolute Gasteiger partial charge is 0.336 e. The molecule has 3 heterocycles. The van der Waals surface area contributed by atoms with Crippen LogP contribution in [0.25, 0.3) is 4.83 Å². The zero-order chi connectivity index (χ0) is 19.5. The normalized spacial score (nSPS) is 10.9. The first kappa shape index (κ1) is 17.9. The van der Waals surface area contributed by atoms with Crippen molar-refractivity contribution in [3.05, 3.63) is 104 Å². The third-order valence-corrected chi connectivity index (χ3v) is 5.29. The predicted molar refractivity (Wildman–Crippen MR) is 107 cm³/mol. The molecule has 0 atom stereocenters. The van der Waals surface area contributed by atoms with Crippen LogP contribution in [0.2, 0.25) is 0 Å². The zero-order valence-electron chi connectivity index (χ0n) is 14.7. The summed E-state index contributed by atoms with van der Waals surface area (Å²) < 4.78 is 2.48. The van der Waals surface area contributed by atoms with Gasteiger partial charge in [-0.25, -0.2) is 4.79 Å². The van der Waals surface area contributed by atoms with Crippen LogP contribution in [-0.4, -0.2) is 19.9 Å². The first-order valence-electron chi connectivity index (χ1n) is 8.59. The number of nitrogens with one attached hydrogen (secondary N) is 1. The molecule has 1 aromatic carbocycles. The van der Waals surface area contributed by atoms with Gasteiger partial charge in [0.1, 0.15) is 9.71 Å². The highest BCUT2D eigenvalue weighted by atomic mass is 32.1. The molecule has 1 amide bonds. The Morgan fingerprint density at radius 2 is 1.79 bits per heavy atom. The van der Waals surface area contributed by atoms with Gasteiger partial charge >= 0.3 is 5.69 Å². The van der Waals surface area contributed by atoms with Crippen molar-refractivity contribution in [2.45, 2.75) is 13.1 Å². The number of thiazole rings is 1. The summed E-state index contributed by atoms with van der Waals surface area (Å²) in [4.78, 5) is 42.3. The third kappa shape index (κ3) is 3.63. The largest absolute Gasteiger partial charge is 0.347 e. The predicted octanol–water partition coefficient (Wildman–Crippen LogP) is 1.90. The Balaban J connectivity index is 1.62. The Kier molecular flexibility index (Phi) is 4.86. The molecule has 0 saturated heterocycles. The lowest BCUT2D eigenvalue weighted by molar-refractivity contribution is 0.0954. The lowest BCUT2D eigenvalue weighted by Crippen LogP contribution is -2.36. The molecule has 0 saturated carbocycles. The summed E-state index contributed by atoms with van der Waals surface area (Å²) in [7, 11) is 0. The zero-order valence-corrected chi connectivity index (χ0v) is 15.6. The van der Waals surface area contributed by atoms with Crippen LogP contribution in [0.1, 0.15) is 20.8 Å². The number of benzene rings is 1. The van der Waals surface area contributed by atoms with Gasteiger partial charge in [-0.1, -0.05) is 30.3 Å². The van der Waals surface area contributed by atoms with Crippen molar-refractivity contribution in [1.82, 2.24) is 19.3 Å². The SMILES string of the molecule is O=C(NCc1ccccc1)c1cn2c(=O)n(Cc3ccncc3)c(=O)cc2s1. The molecule has 0 radical (unpaired) electrons. The van der Waals surface area contributed by atoms with Gasteiger partial charge in [0.25, 0.3) is 11.5 Å². The second kappa shape index (κ2) is 7.61. The van der Waals surface area contributed by atoms with Gasteiger partial charge in [-0.15, -0.1) is 11.3 Å². The van der Waals surface area contributed by atoms with Gasteiger partial charge in [0, 0.05) is 31.2 Å². The van der Waals surface area contributed by atoms with Crippen molar-refractivity contribution in [1.29, 1.82) is 0 Å². The standard InChI is InChI=1S/C20H16N4O3S/c25-17-10-18-24(20(27)23(17)12-15-6-8-21-9-7-15)13-16(28-18)19(26)22-11-14-4-2-1-3-5-14/h1-10,13H,11-12H2,(H,22,26). The van der Waals surface area contributed by atoms with E-state index in [0.29, 0.717) is 16.3 Å². The molecule has 0 aliphatic heterocycles. The number of carbonyl (C=O) groups is 1. The minimum atomic E-state index is -0.474. The summed E-state index contributed by atoms with van der Waals surface area (Å²) in [6.45, 7) is 0.534. The van der Waals surface area contributed by atoms with Gasteiger partial charge in [0.15, 0.2) is 0 Å². The number of pyridine rings is 1. The minimum Gasteiger partial charge on any atom is -0.347 e. The molecular formula is C20H16N4O3S. The van der Waals surface area contributed by atoms with Crippen LogP contribution < -0.4 is 16.6 Å². The first-order chi connectivity index (χ1) is 13.6. The van der Waals surface area contributed by atoms with Crippen LogP contribution in [0.5, 0.6) is 0 Å². The Morgan fingerprint density at radius 1 is 1.04 bits per heavy atom. The Bertz CT molecular complexity index is 1240. The van der Waals surface area contributed by atoms with Crippen LogP contribution >= 0.6 is 11.3 Å². The minimum absolute atomic E-state index is 0.147. The highest BCUT2D eigenvalue weighted by Crippen LogP contribution is 2.15. The van der Waals surface area contributed by atoms with Crippen molar-refractivity contribution >= 4 is 22.1 Å². The molecule has 0 spiro atoms. The van der Waals surface area contributed by atoms with Crippen LogP contribution in [0.3, 0.4) is 0 Å². The van der Waals surface area contributed by atoms with Crippen LogP contribution in [0.4, 0.5) is 0 Å². The van der Waals surface area contributed by atoms with Gasteiger partial charge in [0.2, 0.25) is 0 Å². The van der Waals surface area contributed by atoms with Crippen LogP contribution in [0, 0.1) is 0 Å². The molecule has 28 heavy (non-hydrogen) atoms. The van der Waals surface area contributed by atoms with Crippen molar-refractivity contribution in [2.75, 3.05) is 0 Å². The molecule has 4 aromatic rings. The topological polar surface area (TPSA) is 85.5 Å². The van der Waals surface area contributed by atoms with E-state index in [0.717, 1.165) is 27.0 Å². The molecule has 0 bridgehead atoms. The number of hydrogen-bond acceptors (Lipinski definition) is 5. The van der Waals surface area contributed by atoms with E-state index < -0.39 is 11.2 Å². The number of rotatable bonds is 5. The quantitative estimate of drug-likeness (QED) is 0.562. The third-order valence-electron chi connectivity index (χ3n) is 4.26. The fourth-order valence-electron chi connectivity index (χ4n) is 2.81. The summed E-state index contributed by atoms with van der Waals surface area (Å²) in [5, 5.41) is 2.83. The van der Waals surface area contributed by atoms with Crippen molar-refractivity contribution < 1.29 is 4.79 Å². The summed E-state index contributed by atoms with van der Waals surface area (Å²) in [5.74, 6) is -0.287. The van der Waals surface area contributed by atoms with Gasteiger partial charge in [-0.2, -0.15) is 0 Å². The van der Waals surface area contributed by atoms with Gasteiger partial charge in [0.05, 0.1) is 6.54 Å². The van der Waals surface area contributed by atoms with E-state index in [1.165, 1.54) is 16.7 Å². The van der Waals surface area contributed by atoms with E-state index in [1.807, 2.05) is 30.3 Å². The summed E-state index contributed by atoms with van der Waals surface area (Å²) >= 11 is 1.11. The summed E-state index contributed by atoms with van der Waals surface area (Å²) in [6, 6.07) is 14.4. The maximum Gasteiger partial charge on any atom is 0.336 e. The second-order valence-corrected chi connectivity index (χ2v) is 7.24. The first-order valence-corrected chi connectivity index (χ1v) is 9.40. The molecule has 140 valence electrons. The number of hydrogen-bond donors (Lipinski definition) is 1. The molecule has 4 rings (SSSR count).